The Balaban J connectivity index is 1.63. The largest absolute Gasteiger partial charge is 0.491 e. The molecule has 0 saturated heterocycles. The van der Waals surface area contributed by atoms with E-state index in [0.29, 0.717) is 67.1 Å². The summed E-state index contributed by atoms with van der Waals surface area (Å²) in [7, 11) is 1.64. The maximum atomic E-state index is 13.8. The highest BCUT2D eigenvalue weighted by atomic mass is 16.7. The number of hydrogen-bond acceptors (Lipinski definition) is 6. The van der Waals surface area contributed by atoms with Gasteiger partial charge in [-0.05, 0) is 61.9 Å². The summed E-state index contributed by atoms with van der Waals surface area (Å²) in [5, 5.41) is 0. The topological polar surface area (TPSA) is 77.5 Å². The van der Waals surface area contributed by atoms with Crippen LogP contribution in [-0.4, -0.2) is 74.4 Å². The second kappa shape index (κ2) is 12.8. The monoisotopic (exact) mass is 510 g/mol. The molecule has 0 bridgehead atoms. The summed E-state index contributed by atoms with van der Waals surface area (Å²) in [6, 6.07) is 12.6. The van der Waals surface area contributed by atoms with Gasteiger partial charge in [-0.2, -0.15) is 0 Å². The SMILES string of the molecule is COCCN1CCCCCN(C(=O)c2ccc3c(c2)OCO3)[C@@H](CC(C)C)COc2ccccc2C1=O. The van der Waals surface area contributed by atoms with Gasteiger partial charge < -0.3 is 28.7 Å². The summed E-state index contributed by atoms with van der Waals surface area (Å²) in [6.07, 6.45) is 3.37. The van der Waals surface area contributed by atoms with Gasteiger partial charge in [0.2, 0.25) is 6.79 Å². The summed E-state index contributed by atoms with van der Waals surface area (Å²) in [4.78, 5) is 31.1. The first-order valence-electron chi connectivity index (χ1n) is 13.2. The van der Waals surface area contributed by atoms with Gasteiger partial charge in [0, 0.05) is 32.3 Å². The Labute approximate surface area is 219 Å². The highest BCUT2D eigenvalue weighted by Gasteiger charge is 2.29. The second-order valence-electron chi connectivity index (χ2n) is 10.0. The third-order valence-electron chi connectivity index (χ3n) is 6.79. The van der Waals surface area contributed by atoms with Gasteiger partial charge in [0.1, 0.15) is 12.4 Å². The average molecular weight is 511 g/mol. The third kappa shape index (κ3) is 6.74. The molecule has 4 rings (SSSR count). The van der Waals surface area contributed by atoms with E-state index in [2.05, 4.69) is 13.8 Å². The molecule has 2 aliphatic heterocycles. The van der Waals surface area contributed by atoms with Gasteiger partial charge in [0.05, 0.1) is 18.2 Å². The number of carbonyl (C=O) groups is 2. The van der Waals surface area contributed by atoms with Crippen molar-refractivity contribution in [3.63, 3.8) is 0 Å². The van der Waals surface area contributed by atoms with Crippen molar-refractivity contribution >= 4 is 11.8 Å². The van der Waals surface area contributed by atoms with Crippen LogP contribution < -0.4 is 14.2 Å². The molecule has 37 heavy (non-hydrogen) atoms. The van der Waals surface area contributed by atoms with Crippen molar-refractivity contribution in [1.29, 1.82) is 0 Å². The first-order valence-corrected chi connectivity index (χ1v) is 13.2. The van der Waals surface area contributed by atoms with Gasteiger partial charge in [0.15, 0.2) is 11.5 Å². The zero-order chi connectivity index (χ0) is 26.2. The second-order valence-corrected chi connectivity index (χ2v) is 10.0. The molecule has 8 nitrogen and oxygen atoms in total. The van der Waals surface area contributed by atoms with Crippen molar-refractivity contribution in [2.45, 2.75) is 45.6 Å². The van der Waals surface area contributed by atoms with Crippen molar-refractivity contribution in [2.24, 2.45) is 5.92 Å². The molecule has 0 unspecified atom stereocenters. The average Bonchev–Trinajstić information content (AvgIpc) is 3.37. The number of amides is 2. The van der Waals surface area contributed by atoms with Crippen LogP contribution in [0.2, 0.25) is 0 Å². The highest BCUT2D eigenvalue weighted by molar-refractivity contribution is 5.97. The van der Waals surface area contributed by atoms with E-state index in [9.17, 15) is 9.59 Å². The van der Waals surface area contributed by atoms with Crippen LogP contribution in [0.25, 0.3) is 0 Å². The summed E-state index contributed by atoms with van der Waals surface area (Å²) in [5.41, 5.74) is 1.11. The molecule has 0 radical (unpaired) electrons. The van der Waals surface area contributed by atoms with E-state index in [0.717, 1.165) is 25.7 Å². The zero-order valence-corrected chi connectivity index (χ0v) is 22.1. The smallest absolute Gasteiger partial charge is 0.257 e. The van der Waals surface area contributed by atoms with Crippen LogP contribution in [-0.2, 0) is 4.74 Å². The predicted octanol–water partition coefficient (Wildman–Crippen LogP) is 4.62. The van der Waals surface area contributed by atoms with Crippen LogP contribution in [0.4, 0.5) is 0 Å². The lowest BCUT2D eigenvalue weighted by atomic mass is 10.0. The van der Waals surface area contributed by atoms with E-state index in [1.165, 1.54) is 0 Å². The maximum Gasteiger partial charge on any atom is 0.257 e. The molecule has 2 heterocycles. The molecular formula is C29H38N2O6. The summed E-state index contributed by atoms with van der Waals surface area (Å²) in [6.45, 7) is 7.00. The first-order chi connectivity index (χ1) is 18.0. The number of fused-ring (bicyclic) bond motifs is 2. The third-order valence-corrected chi connectivity index (χ3v) is 6.79. The minimum absolute atomic E-state index is 0.0477. The van der Waals surface area contributed by atoms with Crippen LogP contribution in [0, 0.1) is 5.92 Å². The van der Waals surface area contributed by atoms with Crippen LogP contribution in [0.3, 0.4) is 0 Å². The molecule has 1 atom stereocenters. The number of hydrogen-bond donors (Lipinski definition) is 0. The minimum atomic E-state index is -0.147. The summed E-state index contributed by atoms with van der Waals surface area (Å²) in [5.74, 6) is 2.05. The Morgan fingerprint density at radius 2 is 1.78 bits per heavy atom. The number of methoxy groups -OCH3 is 1. The van der Waals surface area contributed by atoms with Crippen LogP contribution in [0.15, 0.2) is 42.5 Å². The molecule has 0 aromatic heterocycles. The number of para-hydroxylation sites is 1. The molecule has 2 aromatic rings. The van der Waals surface area contributed by atoms with Gasteiger partial charge in [-0.15, -0.1) is 0 Å². The van der Waals surface area contributed by atoms with E-state index in [-0.39, 0.29) is 24.6 Å². The Hall–Kier alpha value is -3.26. The first kappa shape index (κ1) is 26.8. The lowest BCUT2D eigenvalue weighted by Gasteiger charge is -2.33. The van der Waals surface area contributed by atoms with E-state index >= 15 is 0 Å². The van der Waals surface area contributed by atoms with Crippen molar-refractivity contribution in [1.82, 2.24) is 9.80 Å². The summed E-state index contributed by atoms with van der Waals surface area (Å²) >= 11 is 0. The Bertz CT molecular complexity index is 1070. The Kier molecular flexibility index (Phi) is 9.28. The number of benzene rings is 2. The molecule has 2 aliphatic rings. The van der Waals surface area contributed by atoms with Crippen molar-refractivity contribution in [3.8, 4) is 17.2 Å². The van der Waals surface area contributed by atoms with Crippen LogP contribution in [0.5, 0.6) is 17.2 Å². The molecule has 2 aromatic carbocycles. The lowest BCUT2D eigenvalue weighted by Crippen LogP contribution is -2.45. The summed E-state index contributed by atoms with van der Waals surface area (Å²) < 4.78 is 22.5. The van der Waals surface area contributed by atoms with Gasteiger partial charge in [-0.1, -0.05) is 26.0 Å². The molecule has 2 amide bonds. The van der Waals surface area contributed by atoms with E-state index in [1.807, 2.05) is 34.1 Å². The predicted molar refractivity (Wildman–Crippen MR) is 140 cm³/mol. The zero-order valence-electron chi connectivity index (χ0n) is 22.1. The number of nitrogens with zero attached hydrogens (tertiary/aromatic N) is 2. The lowest BCUT2D eigenvalue weighted by molar-refractivity contribution is 0.0572. The molecular weight excluding hydrogens is 472 g/mol. The Morgan fingerprint density at radius 3 is 2.59 bits per heavy atom. The molecule has 0 spiro atoms. The molecule has 0 N–H and O–H groups in total. The molecule has 200 valence electrons. The fraction of sp³-hybridized carbons (Fsp3) is 0.517. The number of rotatable bonds is 6. The van der Waals surface area contributed by atoms with E-state index < -0.39 is 0 Å². The molecule has 0 fully saturated rings. The molecule has 0 aliphatic carbocycles. The normalized spacial score (nSPS) is 18.5. The van der Waals surface area contributed by atoms with Gasteiger partial charge in [-0.25, -0.2) is 0 Å². The number of carbonyl (C=O) groups excluding carboxylic acids is 2. The molecule has 8 heteroatoms. The fourth-order valence-electron chi connectivity index (χ4n) is 4.88. The van der Waals surface area contributed by atoms with Gasteiger partial charge in [-0.3, -0.25) is 9.59 Å². The number of ether oxygens (including phenoxy) is 4. The minimum Gasteiger partial charge on any atom is -0.491 e. The molecule has 0 saturated carbocycles. The van der Waals surface area contributed by atoms with Gasteiger partial charge in [0.25, 0.3) is 11.8 Å². The van der Waals surface area contributed by atoms with Gasteiger partial charge >= 0.3 is 0 Å². The van der Waals surface area contributed by atoms with Crippen molar-refractivity contribution in [2.75, 3.05) is 46.8 Å². The fourth-order valence-corrected chi connectivity index (χ4v) is 4.88. The van der Waals surface area contributed by atoms with E-state index in [4.69, 9.17) is 18.9 Å². The van der Waals surface area contributed by atoms with Crippen LogP contribution in [0.1, 0.15) is 60.2 Å². The maximum absolute atomic E-state index is 13.8. The quantitative estimate of drug-likeness (QED) is 0.564. The van der Waals surface area contributed by atoms with Crippen molar-refractivity contribution in [3.05, 3.63) is 53.6 Å². The van der Waals surface area contributed by atoms with E-state index in [1.54, 1.807) is 25.3 Å². The highest BCUT2D eigenvalue weighted by Crippen LogP contribution is 2.33. The standard InChI is InChI=1S/C29H38N2O6/c1-21(2)17-23-19-35-25-10-6-5-9-24(25)29(33)30(15-16-34-3)13-7-4-8-14-31(23)28(32)22-11-12-26-27(18-22)37-20-36-26/h5-6,9-12,18,21,23H,4,7-8,13-17,19-20H2,1-3H3/t23-/m0/s1. The van der Waals surface area contributed by atoms with Crippen LogP contribution >= 0.6 is 0 Å². The van der Waals surface area contributed by atoms with Crippen molar-refractivity contribution < 1.29 is 28.5 Å². The Morgan fingerprint density at radius 1 is 1.00 bits per heavy atom.